The van der Waals surface area contributed by atoms with Gasteiger partial charge in [-0.15, -0.1) is 0 Å². The van der Waals surface area contributed by atoms with Crippen LogP contribution in [0.25, 0.3) is 0 Å². The average molecular weight is 114 g/mol. The summed E-state index contributed by atoms with van der Waals surface area (Å²) in [4.78, 5) is 0. The van der Waals surface area contributed by atoms with Crippen molar-refractivity contribution in [1.82, 2.24) is 5.32 Å². The fraction of sp³-hybridized carbons (Fsp3) is 1.00. The summed E-state index contributed by atoms with van der Waals surface area (Å²) >= 11 is 0. The minimum absolute atomic E-state index is 0.236. The van der Waals surface area contributed by atoms with Gasteiger partial charge in [0.1, 0.15) is 6.23 Å². The molecule has 1 rings (SSSR count). The Balaban J connectivity index is 2.06. The van der Waals surface area contributed by atoms with Crippen LogP contribution in [0.3, 0.4) is 0 Å². The Morgan fingerprint density at radius 2 is 2.62 bits per heavy atom. The second kappa shape index (κ2) is 3.05. The summed E-state index contributed by atoms with van der Waals surface area (Å²) in [5.41, 5.74) is 0. The minimum atomic E-state index is 0.236. The lowest BCUT2D eigenvalue weighted by atomic mass is 10.4. The molecule has 0 aromatic carbocycles. The molecule has 2 nitrogen and oxygen atoms in total. The van der Waals surface area contributed by atoms with E-state index in [2.05, 4.69) is 5.32 Å². The first-order valence-electron chi connectivity index (χ1n) is 3.21. The molecule has 0 spiro atoms. The Morgan fingerprint density at radius 1 is 1.75 bits per heavy atom. The van der Waals surface area contributed by atoms with Crippen molar-refractivity contribution in [1.29, 1.82) is 0 Å². The molecule has 1 unspecified atom stereocenters. The van der Waals surface area contributed by atoms with Crippen molar-refractivity contribution >= 4 is 0 Å². The van der Waals surface area contributed by atoms with Gasteiger partial charge in [-0.3, -0.25) is 0 Å². The van der Waals surface area contributed by atoms with Gasteiger partial charge < -0.3 is 4.74 Å². The molecule has 0 N–H and O–H groups in total. The first-order valence-corrected chi connectivity index (χ1v) is 3.21. The Morgan fingerprint density at radius 3 is 3.12 bits per heavy atom. The molecule has 1 aliphatic heterocycles. The lowest BCUT2D eigenvalue weighted by Crippen LogP contribution is -2.17. The zero-order valence-corrected chi connectivity index (χ0v) is 5.26. The molecular formula is C6H12NO. The van der Waals surface area contributed by atoms with Gasteiger partial charge in [-0.2, -0.15) is 0 Å². The highest BCUT2D eigenvalue weighted by Gasteiger charge is 2.13. The van der Waals surface area contributed by atoms with Crippen LogP contribution in [0.1, 0.15) is 19.8 Å². The Bertz CT molecular complexity index is 59.5. The van der Waals surface area contributed by atoms with Crippen molar-refractivity contribution in [3.8, 4) is 0 Å². The van der Waals surface area contributed by atoms with Crippen LogP contribution < -0.4 is 5.32 Å². The molecule has 1 fully saturated rings. The summed E-state index contributed by atoms with van der Waals surface area (Å²) in [6.07, 6.45) is 2.58. The largest absolute Gasteiger partial charge is 0.362 e. The first kappa shape index (κ1) is 6.05. The van der Waals surface area contributed by atoms with Gasteiger partial charge in [0.2, 0.25) is 0 Å². The predicted octanol–water partition coefficient (Wildman–Crippen LogP) is 0.747. The summed E-state index contributed by atoms with van der Waals surface area (Å²) in [5.74, 6) is 0. The summed E-state index contributed by atoms with van der Waals surface area (Å²) in [6, 6.07) is 0. The molecule has 0 aromatic rings. The van der Waals surface area contributed by atoms with Crippen molar-refractivity contribution in [2.75, 3.05) is 13.2 Å². The third-order valence-electron chi connectivity index (χ3n) is 1.30. The molecule has 0 bridgehead atoms. The fourth-order valence-electron chi connectivity index (χ4n) is 0.921. The van der Waals surface area contributed by atoms with Crippen molar-refractivity contribution in [2.45, 2.75) is 26.0 Å². The molecule has 0 aliphatic carbocycles. The maximum atomic E-state index is 5.24. The molecule has 1 saturated heterocycles. The van der Waals surface area contributed by atoms with Crippen LogP contribution in [0.5, 0.6) is 0 Å². The molecule has 47 valence electrons. The maximum Gasteiger partial charge on any atom is 0.123 e. The molecule has 1 heterocycles. The van der Waals surface area contributed by atoms with Crippen molar-refractivity contribution in [3.63, 3.8) is 0 Å². The van der Waals surface area contributed by atoms with Crippen LogP contribution in [0.15, 0.2) is 0 Å². The molecule has 1 radical (unpaired) electrons. The molecular weight excluding hydrogens is 102 g/mol. The highest BCUT2D eigenvalue weighted by Crippen LogP contribution is 2.06. The normalized spacial score (nSPS) is 28.9. The summed E-state index contributed by atoms with van der Waals surface area (Å²) in [6.45, 7) is 3.81. The van der Waals surface area contributed by atoms with Gasteiger partial charge in [0.05, 0.1) is 0 Å². The molecule has 0 saturated carbocycles. The zero-order valence-electron chi connectivity index (χ0n) is 5.26. The number of ether oxygens (including phenoxy) is 1. The van der Waals surface area contributed by atoms with E-state index in [1.54, 1.807) is 0 Å². The van der Waals surface area contributed by atoms with Crippen molar-refractivity contribution < 1.29 is 4.74 Å². The van der Waals surface area contributed by atoms with E-state index in [1.807, 2.05) is 6.92 Å². The Hall–Kier alpha value is -0.0800. The van der Waals surface area contributed by atoms with Gasteiger partial charge in [-0.05, 0) is 19.8 Å². The Kier molecular flexibility index (Phi) is 2.30. The van der Waals surface area contributed by atoms with Crippen LogP contribution in [0.4, 0.5) is 0 Å². The van der Waals surface area contributed by atoms with E-state index in [9.17, 15) is 0 Å². The van der Waals surface area contributed by atoms with Gasteiger partial charge >= 0.3 is 0 Å². The molecule has 2 heteroatoms. The summed E-state index contributed by atoms with van der Waals surface area (Å²) in [5, 5.41) is 4.20. The van der Waals surface area contributed by atoms with Gasteiger partial charge in [0.25, 0.3) is 0 Å². The topological polar surface area (TPSA) is 23.3 Å². The monoisotopic (exact) mass is 114 g/mol. The van der Waals surface area contributed by atoms with Gasteiger partial charge in [0, 0.05) is 13.2 Å². The van der Waals surface area contributed by atoms with Crippen LogP contribution in [0, 0.1) is 0 Å². The summed E-state index contributed by atoms with van der Waals surface area (Å²) in [7, 11) is 0. The standard InChI is InChI=1S/C6H12NO/c1-2-8-6-4-3-5-7-6/h6H,2-5H2,1H3. The van der Waals surface area contributed by atoms with Gasteiger partial charge in [0.15, 0.2) is 0 Å². The van der Waals surface area contributed by atoms with Crippen LogP contribution in [0.2, 0.25) is 0 Å². The van der Waals surface area contributed by atoms with Gasteiger partial charge in [-0.25, -0.2) is 5.32 Å². The number of rotatable bonds is 2. The molecule has 8 heavy (non-hydrogen) atoms. The molecule has 1 aliphatic rings. The molecule has 0 amide bonds. The van der Waals surface area contributed by atoms with Gasteiger partial charge in [-0.1, -0.05) is 0 Å². The maximum absolute atomic E-state index is 5.24. The van der Waals surface area contributed by atoms with E-state index < -0.39 is 0 Å². The van der Waals surface area contributed by atoms with E-state index in [0.29, 0.717) is 0 Å². The van der Waals surface area contributed by atoms with E-state index >= 15 is 0 Å². The number of hydrogen-bond acceptors (Lipinski definition) is 1. The third-order valence-corrected chi connectivity index (χ3v) is 1.30. The fourth-order valence-corrected chi connectivity index (χ4v) is 0.921. The average Bonchev–Trinajstić information content (AvgIpc) is 2.19. The second-order valence-corrected chi connectivity index (χ2v) is 1.96. The van der Waals surface area contributed by atoms with E-state index in [0.717, 1.165) is 19.6 Å². The van der Waals surface area contributed by atoms with Crippen molar-refractivity contribution in [3.05, 3.63) is 0 Å². The van der Waals surface area contributed by atoms with Crippen LogP contribution >= 0.6 is 0 Å². The quantitative estimate of drug-likeness (QED) is 0.519. The third kappa shape index (κ3) is 1.46. The van der Waals surface area contributed by atoms with E-state index in [1.165, 1.54) is 6.42 Å². The van der Waals surface area contributed by atoms with Crippen LogP contribution in [-0.4, -0.2) is 19.4 Å². The highest BCUT2D eigenvalue weighted by atomic mass is 16.5. The molecule has 0 aromatic heterocycles. The van der Waals surface area contributed by atoms with Crippen molar-refractivity contribution in [2.24, 2.45) is 0 Å². The first-order chi connectivity index (χ1) is 3.93. The minimum Gasteiger partial charge on any atom is -0.362 e. The SMILES string of the molecule is CCOC1CCC[N]1. The van der Waals surface area contributed by atoms with Crippen LogP contribution in [-0.2, 0) is 4.74 Å². The lowest BCUT2D eigenvalue weighted by Gasteiger charge is -2.05. The van der Waals surface area contributed by atoms with E-state index in [4.69, 9.17) is 4.74 Å². The Labute approximate surface area is 50.2 Å². The number of nitrogens with zero attached hydrogens (tertiary/aromatic N) is 1. The lowest BCUT2D eigenvalue weighted by molar-refractivity contribution is 0.0506. The zero-order chi connectivity index (χ0) is 5.82. The smallest absolute Gasteiger partial charge is 0.123 e. The predicted molar refractivity (Wildman–Crippen MR) is 31.6 cm³/mol. The second-order valence-electron chi connectivity index (χ2n) is 1.96. The summed E-state index contributed by atoms with van der Waals surface area (Å²) < 4.78 is 5.24. The molecule has 1 atom stereocenters. The number of hydrogen-bond donors (Lipinski definition) is 0. The highest BCUT2D eigenvalue weighted by molar-refractivity contribution is 4.63. The van der Waals surface area contributed by atoms with E-state index in [-0.39, 0.29) is 6.23 Å².